The molecule has 0 saturated heterocycles. The Kier molecular flexibility index (Phi) is 5.53. The third-order valence-electron chi connectivity index (χ3n) is 9.86. The summed E-state index contributed by atoms with van der Waals surface area (Å²) in [5.41, 5.74) is 14.1. The van der Waals surface area contributed by atoms with E-state index in [1.807, 2.05) is 12.1 Å². The minimum Gasteiger partial charge on any atom is -0.454 e. The molecule has 2 nitrogen and oxygen atoms in total. The van der Waals surface area contributed by atoms with E-state index in [0.29, 0.717) is 0 Å². The lowest BCUT2D eigenvalue weighted by Gasteiger charge is -2.28. The van der Waals surface area contributed by atoms with Gasteiger partial charge >= 0.3 is 0 Å². The summed E-state index contributed by atoms with van der Waals surface area (Å²) in [5.74, 6) is 0. The Hall–Kier alpha value is -6.12. The summed E-state index contributed by atoms with van der Waals surface area (Å²) in [6.07, 6.45) is 0. The lowest BCUT2D eigenvalue weighted by molar-refractivity contribution is 0.669. The molecule has 0 fully saturated rings. The molecule has 47 heavy (non-hydrogen) atoms. The Bertz CT molecular complexity index is 2700. The standard InChI is InChI=1S/C45H29NO/c1-28-10-5-7-15-42(28)46(43-16-9-14-37-36-13-6-8-17-44(36)47-45(37)43)35-21-20-32-25-39-38-24-31-19-18-30(29-11-3-2-4-12-29)22-33(31)26-40(38)41(39)27-34(32)23-35/h2-27H,1H3. The smallest absolute Gasteiger partial charge is 0.159 e. The Morgan fingerprint density at radius 1 is 0.426 bits per heavy atom. The molecule has 2 heteroatoms. The Morgan fingerprint density at radius 2 is 1.04 bits per heavy atom. The quantitative estimate of drug-likeness (QED) is 0.200. The molecule has 0 saturated carbocycles. The van der Waals surface area contributed by atoms with E-state index in [1.54, 1.807) is 0 Å². The largest absolute Gasteiger partial charge is 0.454 e. The fraction of sp³-hybridized carbons (Fsp3) is 0.0222. The molecule has 0 bridgehead atoms. The predicted molar refractivity (Wildman–Crippen MR) is 198 cm³/mol. The predicted octanol–water partition coefficient (Wildman–Crippen LogP) is 13.0. The Morgan fingerprint density at radius 3 is 1.83 bits per heavy atom. The number of nitrogens with zero attached hydrogens (tertiary/aromatic N) is 1. The van der Waals surface area contributed by atoms with Crippen LogP contribution in [0.2, 0.25) is 0 Å². The summed E-state index contributed by atoms with van der Waals surface area (Å²) in [4.78, 5) is 2.35. The molecule has 8 aromatic carbocycles. The SMILES string of the molecule is Cc1ccccc1N(c1ccc2cc3c(cc2c1)-c1cc2cc(-c4ccccc4)ccc2cc1-3)c1cccc2c1oc1ccccc12. The van der Waals surface area contributed by atoms with Crippen LogP contribution in [0.15, 0.2) is 162 Å². The van der Waals surface area contributed by atoms with Gasteiger partial charge in [-0.2, -0.15) is 0 Å². The van der Waals surface area contributed by atoms with Crippen molar-refractivity contribution in [3.8, 4) is 33.4 Å². The van der Waals surface area contributed by atoms with Gasteiger partial charge < -0.3 is 9.32 Å². The van der Waals surface area contributed by atoms with Gasteiger partial charge in [-0.3, -0.25) is 0 Å². The van der Waals surface area contributed by atoms with Crippen molar-refractivity contribution in [2.75, 3.05) is 4.90 Å². The fourth-order valence-electron chi connectivity index (χ4n) is 7.49. The van der Waals surface area contributed by atoms with Crippen LogP contribution < -0.4 is 4.90 Å². The second-order valence-corrected chi connectivity index (χ2v) is 12.6. The van der Waals surface area contributed by atoms with E-state index in [-0.39, 0.29) is 0 Å². The van der Waals surface area contributed by atoms with Crippen molar-refractivity contribution >= 4 is 60.5 Å². The normalized spacial score (nSPS) is 11.9. The van der Waals surface area contributed by atoms with E-state index in [2.05, 4.69) is 157 Å². The summed E-state index contributed by atoms with van der Waals surface area (Å²) in [6, 6.07) is 57.1. The van der Waals surface area contributed by atoms with Gasteiger partial charge in [0, 0.05) is 22.1 Å². The number of rotatable bonds is 4. The minimum absolute atomic E-state index is 0.893. The van der Waals surface area contributed by atoms with E-state index < -0.39 is 0 Å². The zero-order valence-corrected chi connectivity index (χ0v) is 25.9. The van der Waals surface area contributed by atoms with Crippen molar-refractivity contribution in [3.05, 3.63) is 163 Å². The third-order valence-corrected chi connectivity index (χ3v) is 9.86. The van der Waals surface area contributed by atoms with Crippen molar-refractivity contribution < 1.29 is 4.42 Å². The maximum Gasteiger partial charge on any atom is 0.159 e. The van der Waals surface area contributed by atoms with Crippen molar-refractivity contribution in [1.82, 2.24) is 0 Å². The molecule has 0 N–H and O–H groups in total. The van der Waals surface area contributed by atoms with Gasteiger partial charge in [-0.25, -0.2) is 0 Å². The topological polar surface area (TPSA) is 16.4 Å². The van der Waals surface area contributed by atoms with E-state index in [9.17, 15) is 0 Å². The highest BCUT2D eigenvalue weighted by Crippen LogP contribution is 2.51. The summed E-state index contributed by atoms with van der Waals surface area (Å²) in [5, 5.41) is 7.27. The fourth-order valence-corrected chi connectivity index (χ4v) is 7.49. The molecule has 0 unspecified atom stereocenters. The summed E-state index contributed by atoms with van der Waals surface area (Å²) in [6.45, 7) is 2.18. The van der Waals surface area contributed by atoms with E-state index >= 15 is 0 Å². The Balaban J connectivity index is 1.12. The zero-order valence-electron chi connectivity index (χ0n) is 25.9. The van der Waals surface area contributed by atoms with Gasteiger partial charge in [0.25, 0.3) is 0 Å². The van der Waals surface area contributed by atoms with Crippen LogP contribution in [0.1, 0.15) is 5.56 Å². The molecule has 1 heterocycles. The van der Waals surface area contributed by atoms with Gasteiger partial charge in [-0.05, 0) is 128 Å². The van der Waals surface area contributed by atoms with E-state index in [4.69, 9.17) is 4.42 Å². The molecule has 0 aliphatic heterocycles. The number of para-hydroxylation sites is 3. The Labute approximate surface area is 272 Å². The van der Waals surface area contributed by atoms with Crippen LogP contribution in [0, 0.1) is 6.92 Å². The first kappa shape index (κ1) is 26.1. The molecule has 1 aromatic heterocycles. The van der Waals surface area contributed by atoms with Gasteiger partial charge in [0.05, 0.1) is 5.69 Å². The molecule has 9 aromatic rings. The van der Waals surface area contributed by atoms with Crippen molar-refractivity contribution in [3.63, 3.8) is 0 Å². The first-order valence-electron chi connectivity index (χ1n) is 16.2. The lowest BCUT2D eigenvalue weighted by atomic mass is 9.77. The summed E-state index contributed by atoms with van der Waals surface area (Å²) >= 11 is 0. The number of aryl methyl sites for hydroxylation is 1. The maximum atomic E-state index is 6.55. The maximum absolute atomic E-state index is 6.55. The molecule has 0 amide bonds. The first-order chi connectivity index (χ1) is 23.2. The van der Waals surface area contributed by atoms with Gasteiger partial charge in [0.1, 0.15) is 5.58 Å². The summed E-state index contributed by atoms with van der Waals surface area (Å²) in [7, 11) is 0. The lowest BCUT2D eigenvalue weighted by Crippen LogP contribution is -2.11. The van der Waals surface area contributed by atoms with E-state index in [0.717, 1.165) is 39.0 Å². The third kappa shape index (κ3) is 3.98. The van der Waals surface area contributed by atoms with Crippen molar-refractivity contribution in [2.45, 2.75) is 6.92 Å². The zero-order chi connectivity index (χ0) is 31.1. The molecule has 1 aliphatic rings. The molecule has 10 rings (SSSR count). The highest BCUT2D eigenvalue weighted by molar-refractivity contribution is 6.13. The van der Waals surface area contributed by atoms with Gasteiger partial charge in [-0.15, -0.1) is 0 Å². The van der Waals surface area contributed by atoms with Crippen LogP contribution in [0.3, 0.4) is 0 Å². The highest BCUT2D eigenvalue weighted by Gasteiger charge is 2.25. The molecule has 0 spiro atoms. The van der Waals surface area contributed by atoms with Crippen LogP contribution in [-0.4, -0.2) is 0 Å². The molecule has 220 valence electrons. The minimum atomic E-state index is 0.893. The van der Waals surface area contributed by atoms with Crippen LogP contribution in [0.5, 0.6) is 0 Å². The van der Waals surface area contributed by atoms with Crippen LogP contribution in [-0.2, 0) is 0 Å². The van der Waals surface area contributed by atoms with Crippen molar-refractivity contribution in [1.29, 1.82) is 0 Å². The van der Waals surface area contributed by atoms with E-state index in [1.165, 1.54) is 60.5 Å². The second kappa shape index (κ2) is 9.94. The molecule has 0 atom stereocenters. The van der Waals surface area contributed by atoms with Crippen molar-refractivity contribution in [2.24, 2.45) is 0 Å². The van der Waals surface area contributed by atoms with Gasteiger partial charge in [0.15, 0.2) is 5.58 Å². The van der Waals surface area contributed by atoms with Crippen LogP contribution in [0.25, 0.3) is 76.9 Å². The van der Waals surface area contributed by atoms with Gasteiger partial charge in [0.2, 0.25) is 0 Å². The number of fused-ring (bicyclic) bond motifs is 9. The molecule has 0 radical (unpaired) electrons. The number of furan rings is 1. The molecular weight excluding hydrogens is 571 g/mol. The number of benzene rings is 8. The second-order valence-electron chi connectivity index (χ2n) is 12.6. The van der Waals surface area contributed by atoms with Crippen LogP contribution >= 0.6 is 0 Å². The average molecular weight is 600 g/mol. The first-order valence-corrected chi connectivity index (χ1v) is 16.2. The average Bonchev–Trinajstić information content (AvgIpc) is 3.51. The number of anilines is 3. The highest BCUT2D eigenvalue weighted by atomic mass is 16.3. The van der Waals surface area contributed by atoms with Gasteiger partial charge in [-0.1, -0.05) is 97.1 Å². The number of hydrogen-bond acceptors (Lipinski definition) is 2. The summed E-state index contributed by atoms with van der Waals surface area (Å²) < 4.78 is 6.55. The molecular formula is C45H29NO. The molecule has 1 aliphatic carbocycles. The monoisotopic (exact) mass is 599 g/mol. The number of hydrogen-bond donors (Lipinski definition) is 0. The van der Waals surface area contributed by atoms with Crippen LogP contribution in [0.4, 0.5) is 17.1 Å².